The predicted octanol–water partition coefficient (Wildman–Crippen LogP) is 4.97. The number of carboxylic acid groups (broad SMARTS) is 1. The van der Waals surface area contributed by atoms with E-state index in [4.69, 9.17) is 11.6 Å². The number of aromatic nitrogens is 3. The Morgan fingerprint density at radius 3 is 2.75 bits per heavy atom. The van der Waals surface area contributed by atoms with E-state index in [2.05, 4.69) is 27.6 Å². The van der Waals surface area contributed by atoms with Crippen molar-refractivity contribution in [1.29, 1.82) is 0 Å². The highest BCUT2D eigenvalue weighted by Gasteiger charge is 2.14. The number of benzene rings is 1. The van der Waals surface area contributed by atoms with Crippen molar-refractivity contribution in [3.8, 4) is 0 Å². The Kier molecular flexibility index (Phi) is 5.79. The summed E-state index contributed by atoms with van der Waals surface area (Å²) < 4.78 is 15.4. The molecule has 0 bridgehead atoms. The van der Waals surface area contributed by atoms with Crippen LogP contribution in [0.15, 0.2) is 36.5 Å². The van der Waals surface area contributed by atoms with E-state index in [-0.39, 0.29) is 16.3 Å². The van der Waals surface area contributed by atoms with Gasteiger partial charge in [0, 0.05) is 18.7 Å². The maximum atomic E-state index is 13.6. The SMILES string of the molecule is CCCn1nc(C)cc1Nc1cc(Nc2cc(F)ccc2C(=O)O)c(Cl)cn1. The van der Waals surface area contributed by atoms with E-state index >= 15 is 0 Å². The van der Waals surface area contributed by atoms with Gasteiger partial charge in [0.2, 0.25) is 0 Å². The molecule has 0 unspecified atom stereocenters. The Bertz CT molecular complexity index is 1020. The lowest BCUT2D eigenvalue weighted by molar-refractivity contribution is 0.0698. The largest absolute Gasteiger partial charge is 0.478 e. The van der Waals surface area contributed by atoms with Crippen molar-refractivity contribution >= 4 is 40.6 Å². The number of aryl methyl sites for hydroxylation is 2. The van der Waals surface area contributed by atoms with E-state index in [1.165, 1.54) is 12.3 Å². The number of hydrogen-bond acceptors (Lipinski definition) is 5. The van der Waals surface area contributed by atoms with Crippen LogP contribution in [0.3, 0.4) is 0 Å². The molecular formula is C19H19ClFN5O2. The number of nitrogens with one attached hydrogen (secondary N) is 2. The van der Waals surface area contributed by atoms with E-state index in [0.29, 0.717) is 11.5 Å². The number of aromatic carboxylic acids is 1. The topological polar surface area (TPSA) is 92.1 Å². The van der Waals surface area contributed by atoms with Gasteiger partial charge in [0.15, 0.2) is 0 Å². The fourth-order valence-electron chi connectivity index (χ4n) is 2.71. The van der Waals surface area contributed by atoms with Crippen LogP contribution < -0.4 is 10.6 Å². The van der Waals surface area contributed by atoms with Crippen molar-refractivity contribution in [1.82, 2.24) is 14.8 Å². The molecule has 1 aromatic carbocycles. The van der Waals surface area contributed by atoms with Crippen molar-refractivity contribution in [2.75, 3.05) is 10.6 Å². The molecule has 146 valence electrons. The second kappa shape index (κ2) is 8.26. The highest BCUT2D eigenvalue weighted by atomic mass is 35.5. The van der Waals surface area contributed by atoms with Crippen LogP contribution in [0.1, 0.15) is 29.4 Å². The van der Waals surface area contributed by atoms with Crippen molar-refractivity contribution in [3.63, 3.8) is 0 Å². The summed E-state index contributed by atoms with van der Waals surface area (Å²) in [5, 5.41) is 20.1. The van der Waals surface area contributed by atoms with Gasteiger partial charge in [-0.05, 0) is 31.5 Å². The molecule has 0 fully saturated rings. The molecule has 7 nitrogen and oxygen atoms in total. The fourth-order valence-corrected chi connectivity index (χ4v) is 2.86. The Hall–Kier alpha value is -3.13. The molecule has 0 aliphatic carbocycles. The van der Waals surface area contributed by atoms with E-state index < -0.39 is 11.8 Å². The van der Waals surface area contributed by atoms with E-state index in [9.17, 15) is 14.3 Å². The first kappa shape index (κ1) is 19.6. The molecule has 3 rings (SSSR count). The first-order valence-corrected chi connectivity index (χ1v) is 9.02. The number of carboxylic acids is 1. The number of rotatable bonds is 7. The molecule has 0 aliphatic heterocycles. The molecular weight excluding hydrogens is 385 g/mol. The third-order valence-corrected chi connectivity index (χ3v) is 4.23. The molecule has 2 aromatic heterocycles. The highest BCUT2D eigenvalue weighted by molar-refractivity contribution is 6.33. The Labute approximate surface area is 166 Å². The normalized spacial score (nSPS) is 10.7. The molecule has 28 heavy (non-hydrogen) atoms. The van der Waals surface area contributed by atoms with Gasteiger partial charge in [0.1, 0.15) is 17.5 Å². The second-order valence-corrected chi connectivity index (χ2v) is 6.60. The third-order valence-electron chi connectivity index (χ3n) is 3.93. The zero-order chi connectivity index (χ0) is 20.3. The summed E-state index contributed by atoms with van der Waals surface area (Å²) in [5.41, 5.74) is 1.29. The maximum absolute atomic E-state index is 13.6. The number of nitrogens with zero attached hydrogens (tertiary/aromatic N) is 3. The van der Waals surface area contributed by atoms with Gasteiger partial charge >= 0.3 is 5.97 Å². The molecule has 0 amide bonds. The summed E-state index contributed by atoms with van der Waals surface area (Å²) in [6.07, 6.45) is 2.35. The van der Waals surface area contributed by atoms with Gasteiger partial charge < -0.3 is 15.7 Å². The van der Waals surface area contributed by atoms with Gasteiger partial charge in [-0.25, -0.2) is 18.9 Å². The fraction of sp³-hybridized carbons (Fsp3) is 0.211. The van der Waals surface area contributed by atoms with Crippen LogP contribution in [-0.2, 0) is 6.54 Å². The van der Waals surface area contributed by atoms with Crippen LogP contribution in [0.5, 0.6) is 0 Å². The van der Waals surface area contributed by atoms with Crippen LogP contribution in [-0.4, -0.2) is 25.8 Å². The van der Waals surface area contributed by atoms with Crippen LogP contribution in [0.4, 0.5) is 27.4 Å². The summed E-state index contributed by atoms with van der Waals surface area (Å²) in [6, 6.07) is 6.91. The molecule has 0 saturated carbocycles. The quantitative estimate of drug-likeness (QED) is 0.515. The molecule has 0 radical (unpaired) electrons. The molecule has 9 heteroatoms. The van der Waals surface area contributed by atoms with Crippen LogP contribution in [0.2, 0.25) is 5.02 Å². The van der Waals surface area contributed by atoms with Gasteiger partial charge in [0.25, 0.3) is 0 Å². The lowest BCUT2D eigenvalue weighted by Gasteiger charge is -2.13. The summed E-state index contributed by atoms with van der Waals surface area (Å²) in [6.45, 7) is 4.71. The first-order chi connectivity index (χ1) is 13.4. The first-order valence-electron chi connectivity index (χ1n) is 8.64. The molecule has 0 spiro atoms. The average molecular weight is 404 g/mol. The average Bonchev–Trinajstić information content (AvgIpc) is 2.97. The van der Waals surface area contributed by atoms with E-state index in [1.54, 1.807) is 6.07 Å². The molecule has 3 aromatic rings. The van der Waals surface area contributed by atoms with Gasteiger partial charge in [0.05, 0.1) is 33.9 Å². The Balaban J connectivity index is 1.91. The van der Waals surface area contributed by atoms with E-state index in [0.717, 1.165) is 36.6 Å². The summed E-state index contributed by atoms with van der Waals surface area (Å²) in [7, 11) is 0. The third kappa shape index (κ3) is 4.40. The lowest BCUT2D eigenvalue weighted by Crippen LogP contribution is -2.06. The number of carbonyl (C=O) groups is 1. The molecule has 3 N–H and O–H groups in total. The van der Waals surface area contributed by atoms with Crippen LogP contribution in [0, 0.1) is 12.7 Å². The number of hydrogen-bond donors (Lipinski definition) is 3. The Morgan fingerprint density at radius 1 is 1.25 bits per heavy atom. The number of anilines is 4. The van der Waals surface area contributed by atoms with Gasteiger partial charge in [-0.3, -0.25) is 0 Å². The van der Waals surface area contributed by atoms with E-state index in [1.807, 2.05) is 17.7 Å². The molecule has 0 atom stereocenters. The lowest BCUT2D eigenvalue weighted by atomic mass is 10.1. The number of halogens is 2. The van der Waals surface area contributed by atoms with Gasteiger partial charge in [-0.1, -0.05) is 18.5 Å². The Morgan fingerprint density at radius 2 is 2.04 bits per heavy atom. The molecule has 0 aliphatic rings. The van der Waals surface area contributed by atoms with Crippen molar-refractivity contribution < 1.29 is 14.3 Å². The van der Waals surface area contributed by atoms with Gasteiger partial charge in [-0.2, -0.15) is 5.10 Å². The highest BCUT2D eigenvalue weighted by Crippen LogP contribution is 2.30. The minimum atomic E-state index is -1.18. The zero-order valence-corrected chi connectivity index (χ0v) is 16.1. The predicted molar refractivity (Wildman–Crippen MR) is 106 cm³/mol. The van der Waals surface area contributed by atoms with Crippen molar-refractivity contribution in [2.24, 2.45) is 0 Å². The standard InChI is InChI=1S/C19H19ClFN5O2/c1-3-6-26-18(7-11(2)25-26)24-17-9-16(14(20)10-22-17)23-15-8-12(21)4-5-13(15)19(27)28/h4-5,7-10H,3,6H2,1-2H3,(H,27,28)(H2,22,23,24). The zero-order valence-electron chi connectivity index (χ0n) is 15.3. The molecule has 0 saturated heterocycles. The second-order valence-electron chi connectivity index (χ2n) is 6.19. The summed E-state index contributed by atoms with van der Waals surface area (Å²) in [5.74, 6) is -0.477. The monoisotopic (exact) mass is 403 g/mol. The van der Waals surface area contributed by atoms with Gasteiger partial charge in [-0.15, -0.1) is 0 Å². The summed E-state index contributed by atoms with van der Waals surface area (Å²) >= 11 is 6.19. The minimum absolute atomic E-state index is 0.0690. The molecule has 2 heterocycles. The van der Waals surface area contributed by atoms with Crippen molar-refractivity contribution in [3.05, 3.63) is 58.6 Å². The maximum Gasteiger partial charge on any atom is 0.337 e. The van der Waals surface area contributed by atoms with Crippen LogP contribution >= 0.6 is 11.6 Å². The van der Waals surface area contributed by atoms with Crippen molar-refractivity contribution in [2.45, 2.75) is 26.8 Å². The summed E-state index contributed by atoms with van der Waals surface area (Å²) in [4.78, 5) is 15.6. The smallest absolute Gasteiger partial charge is 0.337 e. The number of pyridine rings is 1. The van der Waals surface area contributed by atoms with Crippen LogP contribution in [0.25, 0.3) is 0 Å². The minimum Gasteiger partial charge on any atom is -0.478 e.